The van der Waals surface area contributed by atoms with Crippen molar-refractivity contribution in [1.82, 2.24) is 5.32 Å². The number of amides is 2. The van der Waals surface area contributed by atoms with Crippen LogP contribution in [0.3, 0.4) is 0 Å². The molecule has 0 aliphatic heterocycles. The molecule has 0 radical (unpaired) electrons. The van der Waals surface area contributed by atoms with Gasteiger partial charge in [-0.25, -0.2) is 0 Å². The molecule has 0 aliphatic carbocycles. The third-order valence-corrected chi connectivity index (χ3v) is 1.90. The van der Waals surface area contributed by atoms with Crippen LogP contribution in [0.2, 0.25) is 0 Å². The summed E-state index contributed by atoms with van der Waals surface area (Å²) in [6, 6.07) is 9.13. The zero-order valence-corrected chi connectivity index (χ0v) is 9.01. The third kappa shape index (κ3) is 3.80. The van der Waals surface area contributed by atoms with E-state index in [2.05, 4.69) is 17.2 Å². The molecule has 1 aromatic carbocycles. The molecule has 0 heterocycles. The van der Waals surface area contributed by atoms with Crippen molar-refractivity contribution < 1.29 is 9.59 Å². The summed E-state index contributed by atoms with van der Waals surface area (Å²) in [5.74, 6) is -1.16. The van der Waals surface area contributed by atoms with Crippen LogP contribution in [0, 0.1) is 11.3 Å². The van der Waals surface area contributed by atoms with E-state index in [0.29, 0.717) is 5.69 Å². The van der Waals surface area contributed by atoms with Crippen LogP contribution in [-0.2, 0) is 9.59 Å². The number of hydrogen-bond acceptors (Lipinski definition) is 3. The van der Waals surface area contributed by atoms with Gasteiger partial charge >= 0.3 is 0 Å². The molecule has 2 amide bonds. The molecular formula is C12H11N3O2. The number of nitriles is 1. The number of carbonyl (C=O) groups is 2. The second-order valence-corrected chi connectivity index (χ2v) is 3.13. The average Bonchev–Trinajstić information content (AvgIpc) is 2.36. The third-order valence-electron chi connectivity index (χ3n) is 1.90. The smallest absolute Gasteiger partial charge is 0.261 e. The van der Waals surface area contributed by atoms with Crippen LogP contribution in [0.5, 0.6) is 0 Å². The van der Waals surface area contributed by atoms with Crippen molar-refractivity contribution in [2.75, 3.05) is 5.32 Å². The Bertz CT molecular complexity index is 462. The van der Waals surface area contributed by atoms with E-state index in [-0.39, 0.29) is 0 Å². The number of nitrogens with one attached hydrogen (secondary N) is 2. The molecule has 0 aliphatic rings. The SMILES string of the molecule is C=CC(=O)NC(C#N)C(=O)Nc1ccccc1. The van der Waals surface area contributed by atoms with Crippen LogP contribution < -0.4 is 10.6 Å². The molecule has 5 heteroatoms. The summed E-state index contributed by atoms with van der Waals surface area (Å²) in [5.41, 5.74) is 0.561. The van der Waals surface area contributed by atoms with Crippen LogP contribution >= 0.6 is 0 Å². The van der Waals surface area contributed by atoms with Crippen LogP contribution in [0.25, 0.3) is 0 Å². The lowest BCUT2D eigenvalue weighted by Gasteiger charge is -2.10. The summed E-state index contributed by atoms with van der Waals surface area (Å²) in [4.78, 5) is 22.6. The number of para-hydroxylation sites is 1. The Kier molecular flexibility index (Phi) is 4.45. The Morgan fingerprint density at radius 1 is 1.35 bits per heavy atom. The number of anilines is 1. The van der Waals surface area contributed by atoms with Gasteiger partial charge in [0.15, 0.2) is 6.04 Å². The maximum Gasteiger partial charge on any atom is 0.261 e. The van der Waals surface area contributed by atoms with Crippen LogP contribution in [0.1, 0.15) is 0 Å². The monoisotopic (exact) mass is 229 g/mol. The molecule has 0 spiro atoms. The number of carbonyl (C=O) groups excluding carboxylic acids is 2. The van der Waals surface area contributed by atoms with E-state index in [9.17, 15) is 9.59 Å². The lowest BCUT2D eigenvalue weighted by Crippen LogP contribution is -2.42. The van der Waals surface area contributed by atoms with Gasteiger partial charge in [-0.15, -0.1) is 0 Å². The van der Waals surface area contributed by atoms with Crippen LogP contribution in [0.4, 0.5) is 5.69 Å². The van der Waals surface area contributed by atoms with Crippen molar-refractivity contribution in [3.8, 4) is 6.07 Å². The maximum atomic E-state index is 11.6. The van der Waals surface area contributed by atoms with E-state index in [1.807, 2.05) is 0 Å². The van der Waals surface area contributed by atoms with E-state index in [0.717, 1.165) is 6.08 Å². The van der Waals surface area contributed by atoms with Crippen molar-refractivity contribution in [3.63, 3.8) is 0 Å². The quantitative estimate of drug-likeness (QED) is 0.750. The fourth-order valence-electron chi connectivity index (χ4n) is 1.09. The van der Waals surface area contributed by atoms with Gasteiger partial charge in [-0.1, -0.05) is 24.8 Å². The maximum absolute atomic E-state index is 11.6. The summed E-state index contributed by atoms with van der Waals surface area (Å²) in [6.07, 6.45) is 1.00. The Morgan fingerprint density at radius 2 is 2.00 bits per heavy atom. The molecule has 1 rings (SSSR count). The second kappa shape index (κ2) is 6.08. The molecule has 0 fully saturated rings. The van der Waals surface area contributed by atoms with Gasteiger partial charge in [0, 0.05) is 5.69 Å². The fourth-order valence-corrected chi connectivity index (χ4v) is 1.09. The number of rotatable bonds is 4. The molecule has 0 saturated carbocycles. The van der Waals surface area contributed by atoms with Crippen LogP contribution in [0.15, 0.2) is 43.0 Å². The summed E-state index contributed by atoms with van der Waals surface area (Å²) in [7, 11) is 0. The fraction of sp³-hybridized carbons (Fsp3) is 0.0833. The van der Waals surface area contributed by atoms with Crippen molar-refractivity contribution >= 4 is 17.5 Å². The molecule has 1 unspecified atom stereocenters. The first-order valence-corrected chi connectivity index (χ1v) is 4.86. The van der Waals surface area contributed by atoms with Gasteiger partial charge < -0.3 is 10.6 Å². The van der Waals surface area contributed by atoms with Gasteiger partial charge in [-0.2, -0.15) is 5.26 Å². The lowest BCUT2D eigenvalue weighted by atomic mass is 10.2. The van der Waals surface area contributed by atoms with Gasteiger partial charge in [-0.3, -0.25) is 9.59 Å². The number of hydrogen-bond donors (Lipinski definition) is 2. The van der Waals surface area contributed by atoms with Gasteiger partial charge in [0.1, 0.15) is 0 Å². The molecule has 86 valence electrons. The van der Waals surface area contributed by atoms with Crippen molar-refractivity contribution in [2.45, 2.75) is 6.04 Å². The van der Waals surface area contributed by atoms with Gasteiger partial charge in [0.25, 0.3) is 5.91 Å². The second-order valence-electron chi connectivity index (χ2n) is 3.13. The minimum atomic E-state index is -1.24. The molecule has 2 N–H and O–H groups in total. The van der Waals surface area contributed by atoms with E-state index >= 15 is 0 Å². The zero-order chi connectivity index (χ0) is 12.7. The standard InChI is InChI=1S/C12H11N3O2/c1-2-11(16)15-10(8-13)12(17)14-9-6-4-3-5-7-9/h2-7,10H,1H2,(H,14,17)(H,15,16). The van der Waals surface area contributed by atoms with E-state index in [1.165, 1.54) is 0 Å². The number of nitrogens with zero attached hydrogens (tertiary/aromatic N) is 1. The normalized spacial score (nSPS) is 10.8. The molecule has 0 saturated heterocycles. The molecule has 1 aromatic rings. The highest BCUT2D eigenvalue weighted by molar-refractivity contribution is 6.00. The highest BCUT2D eigenvalue weighted by Crippen LogP contribution is 2.05. The highest BCUT2D eigenvalue weighted by Gasteiger charge is 2.18. The minimum absolute atomic E-state index is 0.561. The average molecular weight is 229 g/mol. The molecule has 5 nitrogen and oxygen atoms in total. The Balaban J connectivity index is 2.65. The molecular weight excluding hydrogens is 218 g/mol. The molecule has 0 aromatic heterocycles. The van der Waals surface area contributed by atoms with E-state index in [4.69, 9.17) is 5.26 Å². The summed E-state index contributed by atoms with van der Waals surface area (Å²) in [5, 5.41) is 13.5. The van der Waals surface area contributed by atoms with E-state index < -0.39 is 17.9 Å². The van der Waals surface area contributed by atoms with Crippen molar-refractivity contribution in [2.24, 2.45) is 0 Å². The van der Waals surface area contributed by atoms with Gasteiger partial charge in [0.2, 0.25) is 5.91 Å². The topological polar surface area (TPSA) is 82.0 Å². The van der Waals surface area contributed by atoms with Gasteiger partial charge in [0.05, 0.1) is 6.07 Å². The Hall–Kier alpha value is -2.61. The predicted octanol–water partition coefficient (Wildman–Crippen LogP) is 0.819. The molecule has 1 atom stereocenters. The first-order valence-electron chi connectivity index (χ1n) is 4.86. The van der Waals surface area contributed by atoms with Gasteiger partial charge in [-0.05, 0) is 18.2 Å². The number of benzene rings is 1. The lowest BCUT2D eigenvalue weighted by molar-refractivity contribution is -0.122. The molecule has 17 heavy (non-hydrogen) atoms. The Labute approximate surface area is 98.7 Å². The minimum Gasteiger partial charge on any atom is -0.329 e. The van der Waals surface area contributed by atoms with Crippen molar-refractivity contribution in [1.29, 1.82) is 5.26 Å². The first-order chi connectivity index (χ1) is 8.17. The summed E-state index contributed by atoms with van der Waals surface area (Å²) >= 11 is 0. The highest BCUT2D eigenvalue weighted by atomic mass is 16.2. The summed E-state index contributed by atoms with van der Waals surface area (Å²) in [6.45, 7) is 3.24. The van der Waals surface area contributed by atoms with E-state index in [1.54, 1.807) is 36.4 Å². The molecule has 0 bridgehead atoms. The van der Waals surface area contributed by atoms with Crippen LogP contribution in [-0.4, -0.2) is 17.9 Å². The first kappa shape index (κ1) is 12.5. The zero-order valence-electron chi connectivity index (χ0n) is 9.01. The predicted molar refractivity (Wildman–Crippen MR) is 62.8 cm³/mol. The largest absolute Gasteiger partial charge is 0.329 e. The van der Waals surface area contributed by atoms with Crippen molar-refractivity contribution in [3.05, 3.63) is 43.0 Å². The summed E-state index contributed by atoms with van der Waals surface area (Å²) < 4.78 is 0. The Morgan fingerprint density at radius 3 is 2.53 bits per heavy atom.